The third-order valence-electron chi connectivity index (χ3n) is 9.48. The standard InChI is InChI=1S/C35H44N4O12/c1-35(2,3)51-34(46)39-24-18-28(26(48-5)16-20(24)30(41)37-12-7-10-22(37)32(39)43)50-14-8-13-49-27-17-23-19(15-25(27)47-4)29(40)36-11-6-9-21(36)31(42)38(23)33(44)45/h15-18,21-22,31-32,42-43H,6-14H2,1-5H3,(H,44,45)/t21?,22-,31?,32-/m0/s1. The molecule has 4 aliphatic rings. The Bertz CT molecular complexity index is 1710. The average Bonchev–Trinajstić information content (AvgIpc) is 3.75. The smallest absolute Gasteiger partial charge is 0.417 e. The molecule has 16 heteroatoms. The molecule has 4 aliphatic heterocycles. The van der Waals surface area contributed by atoms with E-state index in [4.69, 9.17) is 23.7 Å². The van der Waals surface area contributed by atoms with Crippen molar-refractivity contribution in [2.75, 3.05) is 50.3 Å². The lowest BCUT2D eigenvalue weighted by Gasteiger charge is -2.33. The van der Waals surface area contributed by atoms with Crippen molar-refractivity contribution < 1.29 is 58.2 Å². The molecule has 4 atom stereocenters. The lowest BCUT2D eigenvalue weighted by Crippen LogP contribution is -2.51. The summed E-state index contributed by atoms with van der Waals surface area (Å²) in [4.78, 5) is 57.8. The highest BCUT2D eigenvalue weighted by molar-refractivity contribution is 6.07. The van der Waals surface area contributed by atoms with Crippen LogP contribution in [0.15, 0.2) is 24.3 Å². The molecule has 2 aromatic rings. The van der Waals surface area contributed by atoms with Crippen molar-refractivity contribution in [1.29, 1.82) is 0 Å². The maximum absolute atomic E-state index is 13.7. The van der Waals surface area contributed by atoms with Gasteiger partial charge in [0.05, 0.1) is 62.0 Å². The Morgan fingerprint density at radius 2 is 1.20 bits per heavy atom. The molecule has 6 rings (SSSR count). The highest BCUT2D eigenvalue weighted by Crippen LogP contribution is 2.43. The van der Waals surface area contributed by atoms with E-state index >= 15 is 0 Å². The minimum absolute atomic E-state index is 0.0112. The second-order valence-electron chi connectivity index (χ2n) is 13.8. The van der Waals surface area contributed by atoms with E-state index in [1.165, 1.54) is 43.4 Å². The number of ether oxygens (including phenoxy) is 5. The molecule has 51 heavy (non-hydrogen) atoms. The number of aliphatic hydroxyl groups excluding tert-OH is 2. The van der Waals surface area contributed by atoms with E-state index < -0.39 is 48.2 Å². The van der Waals surface area contributed by atoms with Crippen LogP contribution in [0.2, 0.25) is 0 Å². The maximum Gasteiger partial charge on any atom is 0.417 e. The number of carbonyl (C=O) groups excluding carboxylic acids is 3. The van der Waals surface area contributed by atoms with Crippen LogP contribution in [0.25, 0.3) is 0 Å². The number of aliphatic hydroxyl groups is 2. The Morgan fingerprint density at radius 3 is 1.63 bits per heavy atom. The summed E-state index contributed by atoms with van der Waals surface area (Å²) in [6.07, 6.45) is -2.43. The normalized spacial score (nSPS) is 22.7. The molecule has 0 aromatic heterocycles. The number of rotatable bonds is 8. The van der Waals surface area contributed by atoms with Crippen LogP contribution in [-0.2, 0) is 4.74 Å². The Kier molecular flexibility index (Phi) is 9.83. The predicted molar refractivity (Wildman–Crippen MR) is 181 cm³/mol. The van der Waals surface area contributed by atoms with Crippen molar-refractivity contribution in [3.63, 3.8) is 0 Å². The number of carboxylic acid groups (broad SMARTS) is 1. The van der Waals surface area contributed by atoms with Crippen molar-refractivity contribution in [3.8, 4) is 23.0 Å². The van der Waals surface area contributed by atoms with Crippen LogP contribution in [0.4, 0.5) is 21.0 Å². The maximum atomic E-state index is 13.7. The second kappa shape index (κ2) is 14.0. The second-order valence-corrected chi connectivity index (χ2v) is 13.8. The molecule has 2 fully saturated rings. The fourth-order valence-electron chi connectivity index (χ4n) is 7.19. The topological polar surface area (TPSA) is 188 Å². The average molecular weight is 713 g/mol. The molecular formula is C35H44N4O12. The van der Waals surface area contributed by atoms with E-state index in [1.54, 1.807) is 25.7 Å². The summed E-state index contributed by atoms with van der Waals surface area (Å²) in [6.45, 7) is 6.11. The molecule has 0 spiro atoms. The summed E-state index contributed by atoms with van der Waals surface area (Å²) < 4.78 is 28.7. The number of hydrogen-bond acceptors (Lipinski definition) is 11. The van der Waals surface area contributed by atoms with E-state index in [2.05, 4.69) is 0 Å². The van der Waals surface area contributed by atoms with Gasteiger partial charge in [-0.2, -0.15) is 0 Å². The Hall–Kier alpha value is -4.96. The van der Waals surface area contributed by atoms with Crippen LogP contribution in [0.5, 0.6) is 23.0 Å². The quantitative estimate of drug-likeness (QED) is 0.338. The van der Waals surface area contributed by atoms with E-state index in [1.807, 2.05) is 0 Å². The highest BCUT2D eigenvalue weighted by atomic mass is 16.6. The Morgan fingerprint density at radius 1 is 0.745 bits per heavy atom. The molecule has 4 heterocycles. The summed E-state index contributed by atoms with van der Waals surface area (Å²) in [7, 11) is 2.83. The van der Waals surface area contributed by atoms with Crippen LogP contribution in [0, 0.1) is 0 Å². The molecule has 2 unspecified atom stereocenters. The fourth-order valence-corrected chi connectivity index (χ4v) is 7.19. The molecule has 276 valence electrons. The summed E-state index contributed by atoms with van der Waals surface area (Å²) in [5.74, 6) is 0.0701. The summed E-state index contributed by atoms with van der Waals surface area (Å²) >= 11 is 0. The molecular weight excluding hydrogens is 668 g/mol. The fraction of sp³-hybridized carbons (Fsp3) is 0.543. The monoisotopic (exact) mass is 712 g/mol. The zero-order valence-corrected chi connectivity index (χ0v) is 29.3. The van der Waals surface area contributed by atoms with Gasteiger partial charge >= 0.3 is 12.2 Å². The number of anilines is 2. The third-order valence-corrected chi connectivity index (χ3v) is 9.48. The zero-order chi connectivity index (χ0) is 36.8. The van der Waals surface area contributed by atoms with Crippen molar-refractivity contribution in [2.45, 2.75) is 83.0 Å². The van der Waals surface area contributed by atoms with Crippen LogP contribution in [-0.4, -0.2) is 120 Å². The van der Waals surface area contributed by atoms with Crippen molar-refractivity contribution in [1.82, 2.24) is 9.80 Å². The SMILES string of the molecule is COc1cc2c(cc1OCCCOc1cc3c(cc1OC)C(=O)N1CCC[C@H]1[C@H](O)N3C(=O)OC(C)(C)C)N(C(=O)O)C(O)C1CCCN1C2=O. The van der Waals surface area contributed by atoms with Gasteiger partial charge in [0.25, 0.3) is 11.8 Å². The molecule has 3 N–H and O–H groups in total. The van der Waals surface area contributed by atoms with Crippen LogP contribution in [0.1, 0.15) is 73.6 Å². The first kappa shape index (κ1) is 35.9. The number of benzene rings is 2. The summed E-state index contributed by atoms with van der Waals surface area (Å²) in [6, 6.07) is 4.48. The molecule has 2 aromatic carbocycles. The molecule has 4 amide bonds. The molecule has 16 nitrogen and oxygen atoms in total. The van der Waals surface area contributed by atoms with Gasteiger partial charge in [0.2, 0.25) is 0 Å². The van der Waals surface area contributed by atoms with Crippen LogP contribution in [0.3, 0.4) is 0 Å². The van der Waals surface area contributed by atoms with Gasteiger partial charge in [0.15, 0.2) is 35.5 Å². The van der Waals surface area contributed by atoms with Gasteiger partial charge < -0.3 is 48.8 Å². The lowest BCUT2D eigenvalue weighted by atomic mass is 10.1. The van der Waals surface area contributed by atoms with E-state index in [-0.39, 0.29) is 64.6 Å². The highest BCUT2D eigenvalue weighted by Gasteiger charge is 2.47. The van der Waals surface area contributed by atoms with Gasteiger partial charge in [-0.05, 0) is 58.6 Å². The lowest BCUT2D eigenvalue weighted by molar-refractivity contribution is 0.0310. The van der Waals surface area contributed by atoms with Gasteiger partial charge in [-0.1, -0.05) is 0 Å². The van der Waals surface area contributed by atoms with Crippen LogP contribution < -0.4 is 28.7 Å². The van der Waals surface area contributed by atoms with Gasteiger partial charge in [0.1, 0.15) is 5.60 Å². The summed E-state index contributed by atoms with van der Waals surface area (Å²) in [5.41, 5.74) is -0.521. The number of amides is 4. The molecule has 0 saturated carbocycles. The predicted octanol–water partition coefficient (Wildman–Crippen LogP) is 3.65. The molecule has 0 bridgehead atoms. The van der Waals surface area contributed by atoms with Crippen molar-refractivity contribution >= 4 is 35.4 Å². The van der Waals surface area contributed by atoms with Crippen LogP contribution >= 0.6 is 0 Å². The van der Waals surface area contributed by atoms with Crippen molar-refractivity contribution in [3.05, 3.63) is 35.4 Å². The minimum atomic E-state index is -1.46. The van der Waals surface area contributed by atoms with Crippen molar-refractivity contribution in [2.24, 2.45) is 0 Å². The number of fused-ring (bicyclic) bond motifs is 4. The number of methoxy groups -OCH3 is 2. The molecule has 2 saturated heterocycles. The van der Waals surface area contributed by atoms with Gasteiger partial charge in [0, 0.05) is 31.6 Å². The first-order valence-electron chi connectivity index (χ1n) is 17.0. The Labute approximate surface area is 294 Å². The number of nitrogens with zero attached hydrogens (tertiary/aromatic N) is 4. The first-order valence-corrected chi connectivity index (χ1v) is 17.0. The van der Waals surface area contributed by atoms with Gasteiger partial charge in [-0.15, -0.1) is 0 Å². The minimum Gasteiger partial charge on any atom is -0.493 e. The van der Waals surface area contributed by atoms with Gasteiger partial charge in [-0.25, -0.2) is 19.4 Å². The zero-order valence-electron chi connectivity index (χ0n) is 29.3. The summed E-state index contributed by atoms with van der Waals surface area (Å²) in [5, 5.41) is 32.5. The van der Waals surface area contributed by atoms with E-state index in [9.17, 15) is 34.5 Å². The largest absolute Gasteiger partial charge is 0.493 e. The molecule has 0 radical (unpaired) electrons. The van der Waals surface area contributed by atoms with E-state index in [0.29, 0.717) is 45.2 Å². The number of carbonyl (C=O) groups is 4. The number of hydrogen-bond donors (Lipinski definition) is 3. The first-order chi connectivity index (χ1) is 24.2. The third kappa shape index (κ3) is 6.65. The van der Waals surface area contributed by atoms with E-state index in [0.717, 1.165) is 9.80 Å². The Balaban J connectivity index is 1.21. The van der Waals surface area contributed by atoms with Gasteiger partial charge in [-0.3, -0.25) is 9.59 Å². The molecule has 0 aliphatic carbocycles.